The van der Waals surface area contributed by atoms with Gasteiger partial charge in [0.15, 0.2) is 0 Å². The number of hydrogen-bond donors (Lipinski definition) is 1. The van der Waals surface area contributed by atoms with E-state index in [1.807, 2.05) is 36.4 Å². The fourth-order valence-corrected chi connectivity index (χ4v) is 1.84. The van der Waals surface area contributed by atoms with Crippen molar-refractivity contribution in [3.63, 3.8) is 0 Å². The number of hydrogen-bond acceptors (Lipinski definition) is 3. The number of nitrogens with zero attached hydrogens (tertiary/aromatic N) is 1. The lowest BCUT2D eigenvalue weighted by molar-refractivity contribution is 0.155. The lowest BCUT2D eigenvalue weighted by Gasteiger charge is -2.07. The molecule has 0 radical (unpaired) electrons. The summed E-state index contributed by atoms with van der Waals surface area (Å²) < 4.78 is 5.07. The molecule has 2 rings (SSSR count). The fourth-order valence-electron chi connectivity index (χ4n) is 1.60. The summed E-state index contributed by atoms with van der Waals surface area (Å²) in [5.41, 5.74) is 1.69. The molecule has 0 aliphatic rings. The van der Waals surface area contributed by atoms with Gasteiger partial charge in [-0.2, -0.15) is 5.26 Å². The molecule has 0 saturated carbocycles. The van der Waals surface area contributed by atoms with Crippen molar-refractivity contribution >= 4 is 23.4 Å². The standard InChI is InChI=1S/C15H11ClN2O2/c16-13-6-12(9-17)7-14(8-13)18-15(19)20-10-11-4-2-1-3-5-11/h1-8H,10H2,(H,18,19). The van der Waals surface area contributed by atoms with Crippen molar-refractivity contribution in [3.8, 4) is 6.07 Å². The molecule has 1 amide bonds. The van der Waals surface area contributed by atoms with Gasteiger partial charge in [0.05, 0.1) is 11.6 Å². The minimum Gasteiger partial charge on any atom is -0.444 e. The van der Waals surface area contributed by atoms with E-state index < -0.39 is 6.09 Å². The van der Waals surface area contributed by atoms with Crippen LogP contribution in [0.5, 0.6) is 0 Å². The Balaban J connectivity index is 1.95. The third-order valence-electron chi connectivity index (χ3n) is 2.49. The molecular weight excluding hydrogens is 276 g/mol. The third-order valence-corrected chi connectivity index (χ3v) is 2.70. The SMILES string of the molecule is N#Cc1cc(Cl)cc(NC(=O)OCc2ccccc2)c1. The van der Waals surface area contributed by atoms with Crippen LogP contribution in [0.1, 0.15) is 11.1 Å². The van der Waals surface area contributed by atoms with Crippen LogP contribution in [0.25, 0.3) is 0 Å². The zero-order valence-corrected chi connectivity index (χ0v) is 11.2. The van der Waals surface area contributed by atoms with Crippen LogP contribution >= 0.6 is 11.6 Å². The zero-order valence-electron chi connectivity index (χ0n) is 10.5. The molecule has 0 aliphatic heterocycles. The Morgan fingerprint density at radius 1 is 1.25 bits per heavy atom. The minimum atomic E-state index is -0.597. The molecule has 0 atom stereocenters. The van der Waals surface area contributed by atoms with Crippen molar-refractivity contribution in [1.29, 1.82) is 5.26 Å². The Kier molecular flexibility index (Phi) is 4.59. The quantitative estimate of drug-likeness (QED) is 0.929. The van der Waals surface area contributed by atoms with Gasteiger partial charge in [0, 0.05) is 10.7 Å². The van der Waals surface area contributed by atoms with Gasteiger partial charge < -0.3 is 4.74 Å². The first kappa shape index (κ1) is 13.9. The number of anilines is 1. The van der Waals surface area contributed by atoms with Gasteiger partial charge in [0.25, 0.3) is 0 Å². The van der Waals surface area contributed by atoms with E-state index in [-0.39, 0.29) is 6.61 Å². The summed E-state index contributed by atoms with van der Waals surface area (Å²) in [6.07, 6.45) is -0.597. The van der Waals surface area contributed by atoms with Gasteiger partial charge in [0.2, 0.25) is 0 Å². The Hall–Kier alpha value is -2.51. The van der Waals surface area contributed by atoms with Crippen LogP contribution in [-0.4, -0.2) is 6.09 Å². The fraction of sp³-hybridized carbons (Fsp3) is 0.0667. The van der Waals surface area contributed by atoms with Crippen molar-refractivity contribution in [3.05, 3.63) is 64.7 Å². The highest BCUT2D eigenvalue weighted by Crippen LogP contribution is 2.18. The lowest BCUT2D eigenvalue weighted by atomic mass is 10.2. The highest BCUT2D eigenvalue weighted by molar-refractivity contribution is 6.31. The summed E-state index contributed by atoms with van der Waals surface area (Å²) in [6.45, 7) is 0.179. The molecule has 4 nitrogen and oxygen atoms in total. The van der Waals surface area contributed by atoms with Gasteiger partial charge in [0.1, 0.15) is 6.61 Å². The summed E-state index contributed by atoms with van der Waals surface area (Å²) in [4.78, 5) is 11.6. The number of halogens is 1. The molecule has 5 heteroatoms. The number of amides is 1. The first-order valence-corrected chi connectivity index (χ1v) is 6.23. The van der Waals surface area contributed by atoms with Crippen LogP contribution in [0, 0.1) is 11.3 Å². The number of benzene rings is 2. The van der Waals surface area contributed by atoms with Crippen LogP contribution in [0.15, 0.2) is 48.5 Å². The van der Waals surface area contributed by atoms with Gasteiger partial charge in [-0.15, -0.1) is 0 Å². The molecule has 0 aliphatic carbocycles. The van der Waals surface area contributed by atoms with E-state index in [0.717, 1.165) is 5.56 Å². The molecule has 2 aromatic rings. The van der Waals surface area contributed by atoms with Gasteiger partial charge in [-0.25, -0.2) is 4.79 Å². The minimum absolute atomic E-state index is 0.179. The molecule has 0 heterocycles. The van der Waals surface area contributed by atoms with Crippen LogP contribution in [0.3, 0.4) is 0 Å². The average molecular weight is 287 g/mol. The lowest BCUT2D eigenvalue weighted by Crippen LogP contribution is -2.13. The maximum atomic E-state index is 11.6. The van der Waals surface area contributed by atoms with E-state index in [2.05, 4.69) is 5.32 Å². The second-order valence-electron chi connectivity index (χ2n) is 4.03. The van der Waals surface area contributed by atoms with Crippen LogP contribution in [0.4, 0.5) is 10.5 Å². The molecular formula is C15H11ClN2O2. The van der Waals surface area contributed by atoms with Crippen molar-refractivity contribution in [1.82, 2.24) is 0 Å². The van der Waals surface area contributed by atoms with Crippen molar-refractivity contribution in [2.75, 3.05) is 5.32 Å². The Bertz CT molecular complexity index is 651. The van der Waals surface area contributed by atoms with E-state index in [4.69, 9.17) is 21.6 Å². The molecule has 0 saturated heterocycles. The van der Waals surface area contributed by atoms with Crippen molar-refractivity contribution in [2.24, 2.45) is 0 Å². The van der Waals surface area contributed by atoms with Gasteiger partial charge in [-0.05, 0) is 23.8 Å². The van der Waals surface area contributed by atoms with E-state index in [9.17, 15) is 4.79 Å². The van der Waals surface area contributed by atoms with E-state index in [0.29, 0.717) is 16.3 Å². The average Bonchev–Trinajstić information content (AvgIpc) is 2.45. The van der Waals surface area contributed by atoms with Gasteiger partial charge >= 0.3 is 6.09 Å². The zero-order chi connectivity index (χ0) is 14.4. The molecule has 100 valence electrons. The van der Waals surface area contributed by atoms with Gasteiger partial charge in [-0.1, -0.05) is 41.9 Å². The third kappa shape index (κ3) is 4.01. The topological polar surface area (TPSA) is 62.1 Å². The summed E-state index contributed by atoms with van der Waals surface area (Å²) in [5, 5.41) is 11.7. The summed E-state index contributed by atoms with van der Waals surface area (Å²) in [5.74, 6) is 0. The second-order valence-corrected chi connectivity index (χ2v) is 4.46. The second kappa shape index (κ2) is 6.60. The smallest absolute Gasteiger partial charge is 0.411 e. The van der Waals surface area contributed by atoms with Crippen molar-refractivity contribution in [2.45, 2.75) is 6.61 Å². The van der Waals surface area contributed by atoms with Crippen LogP contribution in [-0.2, 0) is 11.3 Å². The number of nitrogens with one attached hydrogen (secondary N) is 1. The Labute approximate surface area is 121 Å². The molecule has 0 bridgehead atoms. The van der Waals surface area contributed by atoms with E-state index in [1.54, 1.807) is 6.07 Å². The van der Waals surface area contributed by atoms with Crippen molar-refractivity contribution < 1.29 is 9.53 Å². The first-order valence-electron chi connectivity index (χ1n) is 5.86. The maximum absolute atomic E-state index is 11.6. The summed E-state index contributed by atoms with van der Waals surface area (Å²) in [6, 6.07) is 15.9. The number of rotatable bonds is 3. The maximum Gasteiger partial charge on any atom is 0.411 e. The van der Waals surface area contributed by atoms with Crippen LogP contribution in [0.2, 0.25) is 5.02 Å². The number of carbonyl (C=O) groups excluding carboxylic acids is 1. The molecule has 0 fully saturated rings. The Morgan fingerprint density at radius 3 is 2.70 bits per heavy atom. The normalized spacial score (nSPS) is 9.60. The van der Waals surface area contributed by atoms with Gasteiger partial charge in [-0.3, -0.25) is 5.32 Å². The number of carbonyl (C=O) groups is 1. The molecule has 0 aromatic heterocycles. The number of nitriles is 1. The van der Waals surface area contributed by atoms with E-state index in [1.165, 1.54) is 12.1 Å². The molecule has 20 heavy (non-hydrogen) atoms. The molecule has 0 unspecified atom stereocenters. The highest BCUT2D eigenvalue weighted by Gasteiger charge is 2.06. The predicted octanol–water partition coefficient (Wildman–Crippen LogP) is 3.96. The Morgan fingerprint density at radius 2 is 2.00 bits per heavy atom. The number of ether oxygens (including phenoxy) is 1. The summed E-state index contributed by atoms with van der Waals surface area (Å²) in [7, 11) is 0. The van der Waals surface area contributed by atoms with Crippen LogP contribution < -0.4 is 5.32 Å². The molecule has 1 N–H and O–H groups in total. The molecule has 2 aromatic carbocycles. The van der Waals surface area contributed by atoms with E-state index >= 15 is 0 Å². The predicted molar refractivity (Wildman–Crippen MR) is 76.4 cm³/mol. The highest BCUT2D eigenvalue weighted by atomic mass is 35.5. The largest absolute Gasteiger partial charge is 0.444 e. The monoisotopic (exact) mass is 286 g/mol. The molecule has 0 spiro atoms. The first-order chi connectivity index (χ1) is 9.67. The summed E-state index contributed by atoms with van der Waals surface area (Å²) >= 11 is 5.84.